The molecule has 6 aromatic rings. The first-order valence-electron chi connectivity index (χ1n) is 16.3. The van der Waals surface area contributed by atoms with Gasteiger partial charge in [-0.15, -0.1) is 11.3 Å². The van der Waals surface area contributed by atoms with Crippen molar-refractivity contribution in [2.45, 2.75) is 12.8 Å². The smallest absolute Gasteiger partial charge is 0.228 e. The second kappa shape index (κ2) is 15.2. The van der Waals surface area contributed by atoms with Gasteiger partial charge in [-0.2, -0.15) is 0 Å². The molecule has 2 N–H and O–H groups in total. The maximum absolute atomic E-state index is 12.9. The van der Waals surface area contributed by atoms with Gasteiger partial charge in [0, 0.05) is 78.5 Å². The van der Waals surface area contributed by atoms with Crippen molar-refractivity contribution in [3.05, 3.63) is 107 Å². The second-order valence-electron chi connectivity index (χ2n) is 12.0. The number of halogens is 1. The van der Waals surface area contributed by atoms with E-state index in [0.717, 1.165) is 78.1 Å². The van der Waals surface area contributed by atoms with Crippen LogP contribution >= 0.6 is 22.9 Å². The highest BCUT2D eigenvalue weighted by Crippen LogP contribution is 2.35. The number of amides is 1. The summed E-state index contributed by atoms with van der Waals surface area (Å²) >= 11 is 7.83. The fourth-order valence-electron chi connectivity index (χ4n) is 5.89. The third kappa shape index (κ3) is 8.09. The number of nitrogens with zero attached hydrogens (tertiary/aromatic N) is 6. The molecule has 0 radical (unpaired) electrons. The van der Waals surface area contributed by atoms with Crippen molar-refractivity contribution in [1.29, 1.82) is 0 Å². The maximum Gasteiger partial charge on any atom is 0.228 e. The van der Waals surface area contributed by atoms with E-state index in [2.05, 4.69) is 32.5 Å². The normalized spacial score (nSPS) is 13.8. The van der Waals surface area contributed by atoms with Crippen molar-refractivity contribution in [3.8, 4) is 28.4 Å². The van der Waals surface area contributed by atoms with Crippen molar-refractivity contribution in [3.63, 3.8) is 0 Å². The minimum Gasteiger partial charge on any atom is -0.493 e. The molecule has 1 aliphatic heterocycles. The molecule has 49 heavy (non-hydrogen) atoms. The van der Waals surface area contributed by atoms with Gasteiger partial charge in [0.2, 0.25) is 11.9 Å². The lowest BCUT2D eigenvalue weighted by molar-refractivity contribution is -0.115. The molecule has 10 nitrogen and oxygen atoms in total. The molecule has 0 unspecified atom stereocenters. The molecule has 250 valence electrons. The lowest BCUT2D eigenvalue weighted by Crippen LogP contribution is -2.44. The van der Waals surface area contributed by atoms with E-state index in [1.54, 1.807) is 23.6 Å². The largest absolute Gasteiger partial charge is 0.493 e. The van der Waals surface area contributed by atoms with Crippen LogP contribution in [-0.4, -0.2) is 81.4 Å². The number of carbonyl (C=O) groups is 1. The zero-order valence-electron chi connectivity index (χ0n) is 27.2. The Labute approximate surface area is 294 Å². The fourth-order valence-corrected chi connectivity index (χ4v) is 6.81. The van der Waals surface area contributed by atoms with Crippen molar-refractivity contribution in [1.82, 2.24) is 29.2 Å². The Morgan fingerprint density at radius 2 is 1.80 bits per heavy atom. The van der Waals surface area contributed by atoms with Crippen LogP contribution in [-0.2, 0) is 11.2 Å². The number of ether oxygens (including phenoxy) is 1. The van der Waals surface area contributed by atoms with E-state index < -0.39 is 0 Å². The predicted molar refractivity (Wildman–Crippen MR) is 197 cm³/mol. The van der Waals surface area contributed by atoms with Gasteiger partial charge >= 0.3 is 0 Å². The Balaban J connectivity index is 1.05. The van der Waals surface area contributed by atoms with Crippen LogP contribution in [0.4, 0.5) is 17.3 Å². The quantitative estimate of drug-likeness (QED) is 0.131. The zero-order chi connectivity index (χ0) is 33.6. The lowest BCUT2D eigenvalue weighted by atomic mass is 10.1. The van der Waals surface area contributed by atoms with E-state index in [9.17, 15) is 4.79 Å². The molecule has 1 saturated heterocycles. The number of hydrogen-bond acceptors (Lipinski definition) is 9. The molecule has 1 fully saturated rings. The maximum atomic E-state index is 12.9. The highest BCUT2D eigenvalue weighted by molar-refractivity contribution is 7.15. The van der Waals surface area contributed by atoms with Crippen molar-refractivity contribution < 1.29 is 9.53 Å². The van der Waals surface area contributed by atoms with Gasteiger partial charge in [-0.1, -0.05) is 48.0 Å². The lowest BCUT2D eigenvalue weighted by Gasteiger charge is -2.32. The number of likely N-dealkylation sites (N-methyl/N-ethyl adjacent to an activating group) is 1. The number of hydrogen-bond donors (Lipinski definition) is 2. The van der Waals surface area contributed by atoms with Crippen LogP contribution in [0.2, 0.25) is 5.02 Å². The Bertz CT molecular complexity index is 2060. The third-order valence-corrected chi connectivity index (χ3v) is 9.59. The average molecular weight is 693 g/mol. The average Bonchev–Trinajstić information content (AvgIpc) is 3.71. The van der Waals surface area contributed by atoms with Gasteiger partial charge in [0.25, 0.3) is 0 Å². The molecule has 0 bridgehead atoms. The van der Waals surface area contributed by atoms with Gasteiger partial charge in [-0.05, 0) is 55.4 Å². The van der Waals surface area contributed by atoms with Crippen LogP contribution in [0, 0.1) is 0 Å². The zero-order valence-corrected chi connectivity index (χ0v) is 28.8. The van der Waals surface area contributed by atoms with Gasteiger partial charge in [0.1, 0.15) is 11.4 Å². The standard InChI is InChI=1S/C37H37ClN8O2S/c1-44-16-18-45(19-17-44)15-6-21-48-30-11-5-10-29(25-30)41-36-39-14-13-32(42-36)35-34(43-37-46(35)20-22-49-37)27-8-4-9-28(23-27)40-33(47)24-26-7-2-3-12-31(26)38/h2-5,7-14,20,22-23,25H,6,15-19,21,24H2,1H3,(H,40,47)(H,39,41,42). The number of nitrogens with one attached hydrogen (secondary N) is 2. The number of piperazine rings is 1. The molecule has 0 saturated carbocycles. The fraction of sp³-hybridized carbons (Fsp3) is 0.243. The van der Waals surface area contributed by atoms with E-state index in [-0.39, 0.29) is 12.3 Å². The first-order valence-corrected chi connectivity index (χ1v) is 17.6. The molecule has 1 aliphatic rings. The van der Waals surface area contributed by atoms with Crippen LogP contribution in [0.5, 0.6) is 5.75 Å². The van der Waals surface area contributed by atoms with Crippen LogP contribution in [0.15, 0.2) is 96.6 Å². The summed E-state index contributed by atoms with van der Waals surface area (Å²) in [7, 11) is 2.18. The van der Waals surface area contributed by atoms with Crippen LogP contribution in [0.25, 0.3) is 27.6 Å². The highest BCUT2D eigenvalue weighted by Gasteiger charge is 2.20. The molecule has 0 atom stereocenters. The Morgan fingerprint density at radius 1 is 0.959 bits per heavy atom. The van der Waals surface area contributed by atoms with E-state index in [1.807, 2.05) is 88.8 Å². The molecule has 12 heteroatoms. The molecule has 3 aromatic heterocycles. The number of carbonyl (C=O) groups excluding carboxylic acids is 1. The highest BCUT2D eigenvalue weighted by atomic mass is 35.5. The molecule has 4 heterocycles. The summed E-state index contributed by atoms with van der Waals surface area (Å²) < 4.78 is 8.12. The van der Waals surface area contributed by atoms with Gasteiger partial charge in [-0.3, -0.25) is 9.20 Å². The number of anilines is 3. The van der Waals surface area contributed by atoms with E-state index in [1.165, 1.54) is 0 Å². The number of aromatic nitrogens is 4. The summed E-state index contributed by atoms with van der Waals surface area (Å²) in [6.45, 7) is 6.18. The first kappa shape index (κ1) is 32.7. The Morgan fingerprint density at radius 3 is 2.67 bits per heavy atom. The van der Waals surface area contributed by atoms with Crippen molar-refractivity contribution >= 4 is 51.1 Å². The molecule has 0 spiro atoms. The van der Waals surface area contributed by atoms with E-state index in [0.29, 0.717) is 29.0 Å². The van der Waals surface area contributed by atoms with E-state index in [4.69, 9.17) is 26.3 Å². The Kier molecular flexibility index (Phi) is 10.1. The van der Waals surface area contributed by atoms with Gasteiger partial charge in [-0.25, -0.2) is 15.0 Å². The predicted octanol–water partition coefficient (Wildman–Crippen LogP) is 7.11. The Hall–Kier alpha value is -4.81. The summed E-state index contributed by atoms with van der Waals surface area (Å²) in [5.41, 5.74) is 5.43. The summed E-state index contributed by atoms with van der Waals surface area (Å²) in [5, 5.41) is 8.93. The topological polar surface area (TPSA) is 99.9 Å². The second-order valence-corrected chi connectivity index (χ2v) is 13.3. The third-order valence-electron chi connectivity index (χ3n) is 8.46. The van der Waals surface area contributed by atoms with Gasteiger partial charge in [0.05, 0.1) is 24.4 Å². The van der Waals surface area contributed by atoms with Gasteiger partial charge < -0.3 is 25.2 Å². The number of rotatable bonds is 12. The SMILES string of the molecule is CN1CCN(CCCOc2cccc(Nc3nccc(-c4c(-c5cccc(NC(=O)Cc6ccccc6Cl)c5)nc5sccn45)n3)c2)CC1. The monoisotopic (exact) mass is 692 g/mol. The van der Waals surface area contributed by atoms with Crippen molar-refractivity contribution in [2.75, 3.05) is 57.0 Å². The number of benzene rings is 3. The van der Waals surface area contributed by atoms with Crippen molar-refractivity contribution in [2.24, 2.45) is 0 Å². The molecular weight excluding hydrogens is 656 g/mol. The summed E-state index contributed by atoms with van der Waals surface area (Å²) in [4.78, 5) is 33.0. The summed E-state index contributed by atoms with van der Waals surface area (Å²) in [6, 6.07) is 24.8. The number of fused-ring (bicyclic) bond motifs is 1. The molecule has 0 aliphatic carbocycles. The van der Waals surface area contributed by atoms with Crippen LogP contribution in [0.1, 0.15) is 12.0 Å². The molecule has 3 aromatic carbocycles. The first-order chi connectivity index (χ1) is 24.0. The number of thiazole rings is 1. The van der Waals surface area contributed by atoms with E-state index >= 15 is 0 Å². The molecular formula is C37H37ClN8O2S. The molecule has 1 amide bonds. The summed E-state index contributed by atoms with van der Waals surface area (Å²) in [5.74, 6) is 1.11. The van der Waals surface area contributed by atoms with Crippen LogP contribution < -0.4 is 15.4 Å². The molecule has 7 rings (SSSR count). The van der Waals surface area contributed by atoms with Gasteiger partial charge in [0.15, 0.2) is 4.96 Å². The minimum atomic E-state index is -0.150. The van der Waals surface area contributed by atoms with Crippen LogP contribution in [0.3, 0.4) is 0 Å². The summed E-state index contributed by atoms with van der Waals surface area (Å²) in [6.07, 6.45) is 4.89. The minimum absolute atomic E-state index is 0.150. The number of imidazole rings is 1.